The monoisotopic (exact) mass is 266 g/mol. The Labute approximate surface area is 114 Å². The molecule has 1 saturated heterocycles. The first kappa shape index (κ1) is 13.5. The average molecular weight is 266 g/mol. The first-order chi connectivity index (χ1) is 8.78. The van der Waals surface area contributed by atoms with Gasteiger partial charge in [-0.05, 0) is 31.9 Å². The number of rotatable bonds is 4. The maximum atomic E-state index is 4.66. The van der Waals surface area contributed by atoms with Crippen LogP contribution in [0.1, 0.15) is 32.6 Å². The molecule has 18 heavy (non-hydrogen) atoms. The van der Waals surface area contributed by atoms with Gasteiger partial charge in [-0.1, -0.05) is 18.7 Å². The van der Waals surface area contributed by atoms with Gasteiger partial charge in [0.15, 0.2) is 5.16 Å². The van der Waals surface area contributed by atoms with E-state index in [4.69, 9.17) is 0 Å². The van der Waals surface area contributed by atoms with Crippen molar-refractivity contribution >= 4 is 23.4 Å². The molecule has 2 rings (SSSR count). The molecule has 4 nitrogen and oxygen atoms in total. The third kappa shape index (κ3) is 2.88. The predicted molar refractivity (Wildman–Crippen MR) is 78.6 cm³/mol. The van der Waals surface area contributed by atoms with Crippen LogP contribution >= 0.6 is 11.8 Å². The lowest BCUT2D eigenvalue weighted by molar-refractivity contribution is 0.446. The predicted octanol–water partition coefficient (Wildman–Crippen LogP) is 3.01. The third-order valence-corrected chi connectivity index (χ3v) is 4.07. The quantitative estimate of drug-likeness (QED) is 0.670. The summed E-state index contributed by atoms with van der Waals surface area (Å²) in [5.41, 5.74) is 0. The van der Waals surface area contributed by atoms with Crippen LogP contribution in [0.2, 0.25) is 0 Å². The van der Waals surface area contributed by atoms with Crippen LogP contribution in [0, 0.1) is 0 Å². The van der Waals surface area contributed by atoms with Crippen LogP contribution in [0.25, 0.3) is 0 Å². The van der Waals surface area contributed by atoms with Crippen molar-refractivity contribution in [2.75, 3.05) is 30.1 Å². The standard InChI is InChI=1S/C13H22N4S/c1-4-10-7-5-6-8-17(10)12-9-11(14-2)15-13(16-12)18-3/h9-10H,4-8H2,1-3H3,(H,14,15,16). The van der Waals surface area contributed by atoms with E-state index in [0.29, 0.717) is 6.04 Å². The molecular weight excluding hydrogens is 244 g/mol. The molecule has 2 heterocycles. The van der Waals surface area contributed by atoms with Gasteiger partial charge >= 0.3 is 0 Å². The van der Waals surface area contributed by atoms with Gasteiger partial charge in [-0.25, -0.2) is 9.97 Å². The van der Waals surface area contributed by atoms with Gasteiger partial charge in [0.1, 0.15) is 11.6 Å². The second-order valence-corrected chi connectivity index (χ2v) is 5.37. The number of piperidine rings is 1. The highest BCUT2D eigenvalue weighted by molar-refractivity contribution is 7.98. The molecule has 1 aliphatic heterocycles. The molecule has 1 N–H and O–H groups in total. The van der Waals surface area contributed by atoms with Crippen LogP contribution in [-0.2, 0) is 0 Å². The lowest BCUT2D eigenvalue weighted by atomic mass is 10.0. The van der Waals surface area contributed by atoms with Gasteiger partial charge in [-0.2, -0.15) is 0 Å². The summed E-state index contributed by atoms with van der Waals surface area (Å²) in [6, 6.07) is 2.70. The van der Waals surface area contributed by atoms with Crippen molar-refractivity contribution in [3.63, 3.8) is 0 Å². The van der Waals surface area contributed by atoms with Crippen molar-refractivity contribution in [2.45, 2.75) is 43.8 Å². The number of aromatic nitrogens is 2. The molecule has 1 aliphatic rings. The van der Waals surface area contributed by atoms with Gasteiger partial charge in [0.2, 0.25) is 0 Å². The molecule has 0 aliphatic carbocycles. The molecule has 0 spiro atoms. The number of hydrogen-bond acceptors (Lipinski definition) is 5. The average Bonchev–Trinajstić information content (AvgIpc) is 2.46. The molecule has 5 heteroatoms. The minimum atomic E-state index is 0.632. The van der Waals surface area contributed by atoms with Crippen LogP contribution in [0.15, 0.2) is 11.2 Å². The highest BCUT2D eigenvalue weighted by atomic mass is 32.2. The third-order valence-electron chi connectivity index (χ3n) is 3.52. The van der Waals surface area contributed by atoms with Crippen molar-refractivity contribution in [2.24, 2.45) is 0 Å². The Morgan fingerprint density at radius 1 is 1.44 bits per heavy atom. The summed E-state index contributed by atoms with van der Waals surface area (Å²) in [4.78, 5) is 11.5. The summed E-state index contributed by atoms with van der Waals surface area (Å²) in [5.74, 6) is 1.98. The molecule has 0 amide bonds. The first-order valence-electron chi connectivity index (χ1n) is 6.66. The molecule has 0 bridgehead atoms. The minimum Gasteiger partial charge on any atom is -0.373 e. The number of hydrogen-bond donors (Lipinski definition) is 1. The van der Waals surface area contributed by atoms with E-state index in [-0.39, 0.29) is 0 Å². The Hall–Kier alpha value is -0.970. The second kappa shape index (κ2) is 6.27. The minimum absolute atomic E-state index is 0.632. The maximum absolute atomic E-state index is 4.66. The fourth-order valence-corrected chi connectivity index (χ4v) is 2.88. The topological polar surface area (TPSA) is 41.0 Å². The van der Waals surface area contributed by atoms with E-state index in [1.54, 1.807) is 11.8 Å². The first-order valence-corrected chi connectivity index (χ1v) is 7.88. The van der Waals surface area contributed by atoms with Crippen molar-refractivity contribution in [3.8, 4) is 0 Å². The van der Waals surface area contributed by atoms with Crippen molar-refractivity contribution in [3.05, 3.63) is 6.07 Å². The fourth-order valence-electron chi connectivity index (χ4n) is 2.51. The Morgan fingerprint density at radius 2 is 2.28 bits per heavy atom. The highest BCUT2D eigenvalue weighted by Gasteiger charge is 2.22. The fraction of sp³-hybridized carbons (Fsp3) is 0.692. The van der Waals surface area contributed by atoms with Crippen LogP contribution in [0.4, 0.5) is 11.6 Å². The molecule has 0 aromatic carbocycles. The SMILES string of the molecule is CCC1CCCCN1c1cc(NC)nc(SC)n1. The molecule has 1 atom stereocenters. The van der Waals surface area contributed by atoms with Gasteiger partial charge in [-0.3, -0.25) is 0 Å². The zero-order valence-electron chi connectivity index (χ0n) is 11.4. The van der Waals surface area contributed by atoms with Gasteiger partial charge in [0, 0.05) is 25.7 Å². The van der Waals surface area contributed by atoms with E-state index in [9.17, 15) is 0 Å². The zero-order chi connectivity index (χ0) is 13.0. The van der Waals surface area contributed by atoms with E-state index in [1.807, 2.05) is 13.3 Å². The van der Waals surface area contributed by atoms with Gasteiger partial charge in [-0.15, -0.1) is 0 Å². The van der Waals surface area contributed by atoms with Gasteiger partial charge in [0.25, 0.3) is 0 Å². The van der Waals surface area contributed by atoms with Crippen molar-refractivity contribution in [1.82, 2.24) is 9.97 Å². The molecule has 100 valence electrons. The summed E-state index contributed by atoms with van der Waals surface area (Å²) in [6.45, 7) is 3.38. The molecule has 0 saturated carbocycles. The highest BCUT2D eigenvalue weighted by Crippen LogP contribution is 2.27. The van der Waals surface area contributed by atoms with E-state index in [1.165, 1.54) is 25.7 Å². The Bertz CT molecular complexity index is 374. The molecular formula is C13H22N4S. The Morgan fingerprint density at radius 3 is 2.94 bits per heavy atom. The van der Waals surface area contributed by atoms with E-state index < -0.39 is 0 Å². The van der Waals surface area contributed by atoms with Crippen molar-refractivity contribution < 1.29 is 0 Å². The van der Waals surface area contributed by atoms with Gasteiger partial charge < -0.3 is 10.2 Å². The number of nitrogens with zero attached hydrogens (tertiary/aromatic N) is 3. The molecule has 1 fully saturated rings. The second-order valence-electron chi connectivity index (χ2n) is 4.60. The lowest BCUT2D eigenvalue weighted by Crippen LogP contribution is -2.39. The van der Waals surface area contributed by atoms with E-state index in [2.05, 4.69) is 33.2 Å². The van der Waals surface area contributed by atoms with Crippen molar-refractivity contribution in [1.29, 1.82) is 0 Å². The maximum Gasteiger partial charge on any atom is 0.191 e. The summed E-state index contributed by atoms with van der Waals surface area (Å²) < 4.78 is 0. The normalized spacial score (nSPS) is 19.9. The number of anilines is 2. The number of thioether (sulfide) groups is 1. The lowest BCUT2D eigenvalue weighted by Gasteiger charge is -2.36. The van der Waals surface area contributed by atoms with E-state index >= 15 is 0 Å². The number of nitrogens with one attached hydrogen (secondary N) is 1. The zero-order valence-corrected chi connectivity index (χ0v) is 12.3. The van der Waals surface area contributed by atoms with Crippen LogP contribution < -0.4 is 10.2 Å². The largest absolute Gasteiger partial charge is 0.373 e. The van der Waals surface area contributed by atoms with Crippen LogP contribution in [-0.4, -0.2) is 35.9 Å². The molecule has 0 radical (unpaired) electrons. The summed E-state index contributed by atoms with van der Waals surface area (Å²) in [5, 5.41) is 3.97. The Kier molecular flexibility index (Phi) is 4.69. The smallest absolute Gasteiger partial charge is 0.191 e. The van der Waals surface area contributed by atoms with Gasteiger partial charge in [0.05, 0.1) is 0 Å². The summed E-state index contributed by atoms with van der Waals surface area (Å²) in [6.07, 6.45) is 7.10. The molecule has 1 aromatic rings. The molecule has 1 aromatic heterocycles. The van der Waals surface area contributed by atoms with Crippen LogP contribution in [0.5, 0.6) is 0 Å². The van der Waals surface area contributed by atoms with Crippen LogP contribution in [0.3, 0.4) is 0 Å². The summed E-state index contributed by atoms with van der Waals surface area (Å²) in [7, 11) is 1.91. The Balaban J connectivity index is 2.29. The van der Waals surface area contributed by atoms with E-state index in [0.717, 1.165) is 23.3 Å². The summed E-state index contributed by atoms with van der Waals surface area (Å²) >= 11 is 1.60. The molecule has 1 unspecified atom stereocenters.